The van der Waals surface area contributed by atoms with Crippen LogP contribution in [-0.2, 0) is 9.47 Å². The van der Waals surface area contributed by atoms with Crippen molar-refractivity contribution in [3.05, 3.63) is 0 Å². The van der Waals surface area contributed by atoms with Crippen LogP contribution in [0.15, 0.2) is 0 Å². The Bertz CT molecular complexity index is 95.6. The van der Waals surface area contributed by atoms with E-state index in [0.717, 1.165) is 19.4 Å². The first-order chi connectivity index (χ1) is 4.83. The van der Waals surface area contributed by atoms with E-state index in [4.69, 9.17) is 21.1 Å². The average molecular weight is 165 g/mol. The van der Waals surface area contributed by atoms with Gasteiger partial charge in [-0.25, -0.2) is 0 Å². The van der Waals surface area contributed by atoms with E-state index in [2.05, 4.69) is 0 Å². The van der Waals surface area contributed by atoms with Gasteiger partial charge in [-0.15, -0.1) is 11.6 Å². The van der Waals surface area contributed by atoms with Crippen molar-refractivity contribution in [3.63, 3.8) is 0 Å². The molecule has 1 rings (SSSR count). The van der Waals surface area contributed by atoms with Crippen LogP contribution >= 0.6 is 11.6 Å². The predicted molar refractivity (Wildman–Crippen MR) is 40.5 cm³/mol. The zero-order valence-electron chi connectivity index (χ0n) is 6.18. The smallest absolute Gasteiger partial charge is 0.0822 e. The number of ether oxygens (including phenoxy) is 2. The second kappa shape index (κ2) is 4.16. The minimum Gasteiger partial charge on any atom is -0.382 e. The third-order valence-corrected chi connectivity index (χ3v) is 2.05. The van der Waals surface area contributed by atoms with Crippen LogP contribution in [0.1, 0.15) is 12.8 Å². The number of hydrogen-bond donors (Lipinski definition) is 0. The van der Waals surface area contributed by atoms with Crippen molar-refractivity contribution >= 4 is 11.6 Å². The molecule has 0 bridgehead atoms. The van der Waals surface area contributed by atoms with Gasteiger partial charge in [0.05, 0.1) is 12.7 Å². The fourth-order valence-corrected chi connectivity index (χ4v) is 1.42. The monoisotopic (exact) mass is 164 g/mol. The van der Waals surface area contributed by atoms with Crippen LogP contribution in [0.5, 0.6) is 0 Å². The number of methoxy groups -OCH3 is 1. The maximum atomic E-state index is 5.91. The molecular formula is C7H13ClO2. The van der Waals surface area contributed by atoms with Gasteiger partial charge in [0.15, 0.2) is 0 Å². The first kappa shape index (κ1) is 8.31. The van der Waals surface area contributed by atoms with E-state index in [1.807, 2.05) is 0 Å². The second-order valence-electron chi connectivity index (χ2n) is 2.57. The van der Waals surface area contributed by atoms with Crippen LogP contribution in [0.2, 0.25) is 0 Å². The van der Waals surface area contributed by atoms with Gasteiger partial charge in [-0.1, -0.05) is 0 Å². The summed E-state index contributed by atoms with van der Waals surface area (Å²) in [6.07, 6.45) is 2.12. The topological polar surface area (TPSA) is 18.5 Å². The third kappa shape index (κ3) is 2.45. The summed E-state index contributed by atoms with van der Waals surface area (Å²) >= 11 is 5.91. The van der Waals surface area contributed by atoms with Crippen molar-refractivity contribution in [1.82, 2.24) is 0 Å². The average Bonchev–Trinajstić information content (AvgIpc) is 1.88. The molecule has 1 fully saturated rings. The summed E-state index contributed by atoms with van der Waals surface area (Å²) in [7, 11) is 1.68. The molecule has 0 N–H and O–H groups in total. The first-order valence-corrected chi connectivity index (χ1v) is 4.01. The van der Waals surface area contributed by atoms with Crippen LogP contribution in [0.4, 0.5) is 0 Å². The molecule has 0 aliphatic carbocycles. The number of rotatable bonds is 2. The summed E-state index contributed by atoms with van der Waals surface area (Å²) in [5, 5.41) is 0.286. The lowest BCUT2D eigenvalue weighted by molar-refractivity contribution is -0.0275. The minimum atomic E-state index is 0.223. The summed E-state index contributed by atoms with van der Waals surface area (Å²) in [5.41, 5.74) is 0. The van der Waals surface area contributed by atoms with E-state index in [1.54, 1.807) is 7.11 Å². The van der Waals surface area contributed by atoms with Crippen molar-refractivity contribution in [3.8, 4) is 0 Å². The highest BCUT2D eigenvalue weighted by atomic mass is 35.5. The second-order valence-corrected chi connectivity index (χ2v) is 3.19. The molecule has 0 aromatic rings. The highest BCUT2D eigenvalue weighted by molar-refractivity contribution is 6.20. The van der Waals surface area contributed by atoms with E-state index in [-0.39, 0.29) is 11.5 Å². The quantitative estimate of drug-likeness (QED) is 0.575. The van der Waals surface area contributed by atoms with Gasteiger partial charge in [0.1, 0.15) is 0 Å². The molecule has 10 heavy (non-hydrogen) atoms. The summed E-state index contributed by atoms with van der Waals surface area (Å²) in [5.74, 6) is 0. The molecule has 0 aromatic carbocycles. The van der Waals surface area contributed by atoms with Crippen molar-refractivity contribution in [2.45, 2.75) is 24.3 Å². The van der Waals surface area contributed by atoms with Gasteiger partial charge in [-0.05, 0) is 12.8 Å². The van der Waals surface area contributed by atoms with Gasteiger partial charge in [-0.2, -0.15) is 0 Å². The van der Waals surface area contributed by atoms with Crippen LogP contribution in [0.25, 0.3) is 0 Å². The Morgan fingerprint density at radius 2 is 2.50 bits per heavy atom. The molecule has 2 nitrogen and oxygen atoms in total. The maximum absolute atomic E-state index is 5.91. The molecule has 1 saturated heterocycles. The molecule has 2 unspecified atom stereocenters. The van der Waals surface area contributed by atoms with Crippen LogP contribution in [0.3, 0.4) is 0 Å². The molecule has 1 heterocycles. The molecule has 0 saturated carbocycles. The van der Waals surface area contributed by atoms with Gasteiger partial charge in [0, 0.05) is 19.1 Å². The molecule has 1 aliphatic heterocycles. The molecule has 1 aliphatic rings. The van der Waals surface area contributed by atoms with Gasteiger partial charge < -0.3 is 9.47 Å². The van der Waals surface area contributed by atoms with Crippen LogP contribution < -0.4 is 0 Å². The molecule has 60 valence electrons. The normalized spacial score (nSPS) is 34.2. The zero-order valence-corrected chi connectivity index (χ0v) is 6.93. The fourth-order valence-electron chi connectivity index (χ4n) is 1.14. The fraction of sp³-hybridized carbons (Fsp3) is 1.00. The Morgan fingerprint density at radius 1 is 1.70 bits per heavy atom. The SMILES string of the molecule is COCC1CC(Cl)CCO1. The van der Waals surface area contributed by atoms with Gasteiger partial charge in [0.25, 0.3) is 0 Å². The Balaban J connectivity index is 2.18. The van der Waals surface area contributed by atoms with Crippen molar-refractivity contribution < 1.29 is 9.47 Å². The lowest BCUT2D eigenvalue weighted by Crippen LogP contribution is -2.29. The molecule has 2 atom stereocenters. The predicted octanol–water partition coefficient (Wildman–Crippen LogP) is 1.42. The van der Waals surface area contributed by atoms with Crippen molar-refractivity contribution in [2.75, 3.05) is 20.3 Å². The minimum absolute atomic E-state index is 0.223. The van der Waals surface area contributed by atoms with E-state index in [9.17, 15) is 0 Å². The Morgan fingerprint density at radius 3 is 3.10 bits per heavy atom. The molecule has 0 radical (unpaired) electrons. The molecular weight excluding hydrogens is 152 g/mol. The van der Waals surface area contributed by atoms with Gasteiger partial charge >= 0.3 is 0 Å². The highest BCUT2D eigenvalue weighted by Gasteiger charge is 2.20. The van der Waals surface area contributed by atoms with Crippen LogP contribution in [-0.4, -0.2) is 31.8 Å². The summed E-state index contributed by atoms with van der Waals surface area (Å²) in [4.78, 5) is 0. The third-order valence-electron chi connectivity index (χ3n) is 1.66. The molecule has 0 aromatic heterocycles. The molecule has 0 amide bonds. The maximum Gasteiger partial charge on any atom is 0.0822 e. The molecule has 3 heteroatoms. The van der Waals surface area contributed by atoms with E-state index in [1.165, 1.54) is 0 Å². The lowest BCUT2D eigenvalue weighted by atomic mass is 10.1. The summed E-state index contributed by atoms with van der Waals surface area (Å²) in [6.45, 7) is 1.45. The zero-order chi connectivity index (χ0) is 7.40. The van der Waals surface area contributed by atoms with Crippen molar-refractivity contribution in [2.24, 2.45) is 0 Å². The largest absolute Gasteiger partial charge is 0.382 e. The van der Waals surface area contributed by atoms with E-state index in [0.29, 0.717) is 6.61 Å². The summed E-state index contributed by atoms with van der Waals surface area (Å²) in [6, 6.07) is 0. The highest BCUT2D eigenvalue weighted by Crippen LogP contribution is 2.18. The Hall–Kier alpha value is 0.210. The van der Waals surface area contributed by atoms with E-state index >= 15 is 0 Å². The number of hydrogen-bond acceptors (Lipinski definition) is 2. The van der Waals surface area contributed by atoms with Crippen LogP contribution in [0, 0.1) is 0 Å². The number of alkyl halides is 1. The lowest BCUT2D eigenvalue weighted by Gasteiger charge is -2.25. The van der Waals surface area contributed by atoms with E-state index < -0.39 is 0 Å². The standard InChI is InChI=1S/C7H13ClO2/c1-9-5-7-4-6(8)2-3-10-7/h6-7H,2-5H2,1H3. The van der Waals surface area contributed by atoms with Gasteiger partial charge in [-0.3, -0.25) is 0 Å². The Kier molecular flexibility index (Phi) is 3.46. The van der Waals surface area contributed by atoms with Gasteiger partial charge in [0.2, 0.25) is 0 Å². The number of halogens is 1. The molecule has 0 spiro atoms. The Labute approximate surface area is 66.5 Å². The van der Waals surface area contributed by atoms with Crippen molar-refractivity contribution in [1.29, 1.82) is 0 Å². The first-order valence-electron chi connectivity index (χ1n) is 3.57. The summed E-state index contributed by atoms with van der Waals surface area (Å²) < 4.78 is 10.3.